The molecule has 1 fully saturated rings. The Hall–Kier alpha value is -4.52. The first-order valence-electron chi connectivity index (χ1n) is 13.9. The van der Waals surface area contributed by atoms with E-state index in [1.54, 1.807) is 40.7 Å². The number of rotatable bonds is 12. The average molecular weight is 582 g/mol. The van der Waals surface area contributed by atoms with Gasteiger partial charge in [-0.1, -0.05) is 35.9 Å². The lowest BCUT2D eigenvalue weighted by Gasteiger charge is -2.28. The summed E-state index contributed by atoms with van der Waals surface area (Å²) in [5.74, 6) is -0.238. The summed E-state index contributed by atoms with van der Waals surface area (Å²) in [7, 11) is 0. The smallest absolute Gasteiger partial charge is 0.256 e. The number of nitrogens with zero attached hydrogens (tertiary/aromatic N) is 6. The number of aromatic nitrogens is 3. The van der Waals surface area contributed by atoms with E-state index in [2.05, 4.69) is 25.9 Å². The fraction of sp³-hybridized carbons (Fsp3) is 0.281. The summed E-state index contributed by atoms with van der Waals surface area (Å²) in [5.41, 5.74) is 4.19. The Morgan fingerprint density at radius 3 is 2.69 bits per heavy atom. The number of hydrogen-bond donors (Lipinski definition) is 1. The summed E-state index contributed by atoms with van der Waals surface area (Å²) in [6, 6.07) is 20.1. The van der Waals surface area contributed by atoms with Gasteiger partial charge in [-0.2, -0.15) is 5.26 Å². The molecule has 214 valence electrons. The van der Waals surface area contributed by atoms with Crippen molar-refractivity contribution < 1.29 is 9.59 Å². The molecule has 3 heterocycles. The van der Waals surface area contributed by atoms with Gasteiger partial charge in [0.1, 0.15) is 6.04 Å². The lowest BCUT2D eigenvalue weighted by molar-refractivity contribution is -0.132. The molecule has 0 aliphatic carbocycles. The molecule has 10 heteroatoms. The second kappa shape index (κ2) is 13.9. The highest BCUT2D eigenvalue weighted by molar-refractivity contribution is 6.30. The molecule has 4 aromatic rings. The zero-order valence-electron chi connectivity index (χ0n) is 23.2. The highest BCUT2D eigenvalue weighted by Gasteiger charge is 2.38. The van der Waals surface area contributed by atoms with Crippen LogP contribution in [0, 0.1) is 11.3 Å². The van der Waals surface area contributed by atoms with E-state index >= 15 is 0 Å². The van der Waals surface area contributed by atoms with E-state index in [9.17, 15) is 9.59 Å². The number of likely N-dealkylation sites (tertiary alicyclic amines) is 1. The van der Waals surface area contributed by atoms with Gasteiger partial charge >= 0.3 is 0 Å². The normalized spacial score (nSPS) is 14.6. The average Bonchev–Trinajstić information content (AvgIpc) is 3.61. The van der Waals surface area contributed by atoms with Gasteiger partial charge in [0, 0.05) is 56.3 Å². The third-order valence-corrected chi connectivity index (χ3v) is 7.61. The summed E-state index contributed by atoms with van der Waals surface area (Å²) >= 11 is 6.14. The summed E-state index contributed by atoms with van der Waals surface area (Å²) < 4.78 is 2.07. The fourth-order valence-corrected chi connectivity index (χ4v) is 5.40. The number of hydrogen-bond acceptors (Lipinski definition) is 6. The van der Waals surface area contributed by atoms with Crippen molar-refractivity contribution in [2.75, 3.05) is 19.6 Å². The Morgan fingerprint density at radius 2 is 1.93 bits per heavy atom. The van der Waals surface area contributed by atoms with Crippen LogP contribution in [0.15, 0.2) is 85.6 Å². The van der Waals surface area contributed by atoms with Crippen molar-refractivity contribution in [1.29, 1.82) is 5.26 Å². The molecule has 9 nitrogen and oxygen atoms in total. The second-order valence-electron chi connectivity index (χ2n) is 10.3. The third kappa shape index (κ3) is 7.21. The summed E-state index contributed by atoms with van der Waals surface area (Å²) in [6.45, 7) is 3.41. The highest BCUT2D eigenvalue weighted by Crippen LogP contribution is 2.23. The number of imidazole rings is 1. The minimum atomic E-state index is -0.522. The largest absolute Gasteiger partial charge is 0.336 e. The molecular formula is C32H32ClN7O2. The molecule has 1 aliphatic heterocycles. The number of carbonyl (C=O) groups is 2. The lowest BCUT2D eigenvalue weighted by Crippen LogP contribution is -2.46. The van der Waals surface area contributed by atoms with Crippen LogP contribution in [-0.4, -0.2) is 61.8 Å². The molecule has 2 aromatic heterocycles. The maximum atomic E-state index is 13.5. The van der Waals surface area contributed by atoms with Gasteiger partial charge in [0.05, 0.1) is 29.2 Å². The van der Waals surface area contributed by atoms with Gasteiger partial charge in [0.15, 0.2) is 0 Å². The third-order valence-electron chi connectivity index (χ3n) is 7.37. The van der Waals surface area contributed by atoms with Crippen LogP contribution in [0.1, 0.15) is 45.6 Å². The van der Waals surface area contributed by atoms with Crippen LogP contribution in [0.2, 0.25) is 5.02 Å². The van der Waals surface area contributed by atoms with Crippen molar-refractivity contribution in [2.45, 2.75) is 38.5 Å². The monoisotopic (exact) mass is 581 g/mol. The SMILES string of the molecule is N#Cc1ccc(Cn2cncc2CNCCCN(C(=O)c2cccnc2)[C@@H]2CCN(Cc3cccc(Cl)c3)C2=O)cc1. The molecule has 1 saturated heterocycles. The van der Waals surface area contributed by atoms with Crippen LogP contribution in [0.25, 0.3) is 0 Å². The van der Waals surface area contributed by atoms with E-state index in [-0.39, 0.29) is 11.8 Å². The molecule has 42 heavy (non-hydrogen) atoms. The number of halogens is 1. The summed E-state index contributed by atoms with van der Waals surface area (Å²) in [5, 5.41) is 13.1. The molecular weight excluding hydrogens is 550 g/mol. The Balaban J connectivity index is 1.18. The van der Waals surface area contributed by atoms with E-state index in [1.165, 1.54) is 0 Å². The van der Waals surface area contributed by atoms with E-state index in [0.717, 1.165) is 16.8 Å². The zero-order chi connectivity index (χ0) is 29.3. The lowest BCUT2D eigenvalue weighted by atomic mass is 10.1. The van der Waals surface area contributed by atoms with E-state index in [0.29, 0.717) is 68.3 Å². The molecule has 2 amide bonds. The van der Waals surface area contributed by atoms with Crippen molar-refractivity contribution in [3.63, 3.8) is 0 Å². The number of nitriles is 1. The predicted molar refractivity (Wildman–Crippen MR) is 159 cm³/mol. The predicted octanol–water partition coefficient (Wildman–Crippen LogP) is 4.27. The van der Waals surface area contributed by atoms with Crippen molar-refractivity contribution in [3.8, 4) is 6.07 Å². The number of carbonyl (C=O) groups excluding carboxylic acids is 2. The van der Waals surface area contributed by atoms with Gasteiger partial charge in [-0.25, -0.2) is 4.98 Å². The molecule has 0 bridgehead atoms. The standard InChI is InChI=1S/C32H32ClN7O2/c33-28-6-1-4-26(16-28)22-38-15-11-30(32(38)42)40(31(41)27-5-2-12-35-18-27)14-3-13-36-19-29-20-37-23-39(29)21-25-9-7-24(17-34)8-10-25/h1-2,4-10,12,16,18,20,23,30,36H,3,11,13-15,19,21-22H2/t30-/m1/s1. The molecule has 1 N–H and O–H groups in total. The molecule has 0 spiro atoms. The van der Waals surface area contributed by atoms with Crippen LogP contribution in [0.3, 0.4) is 0 Å². The van der Waals surface area contributed by atoms with Crippen molar-refractivity contribution in [2.24, 2.45) is 0 Å². The van der Waals surface area contributed by atoms with Gasteiger partial charge in [-0.15, -0.1) is 0 Å². The first-order chi connectivity index (χ1) is 20.5. The zero-order valence-corrected chi connectivity index (χ0v) is 24.0. The van der Waals surface area contributed by atoms with Crippen LogP contribution in [0.5, 0.6) is 0 Å². The molecule has 5 rings (SSSR count). The van der Waals surface area contributed by atoms with Crippen LogP contribution < -0.4 is 5.32 Å². The van der Waals surface area contributed by atoms with Gasteiger partial charge in [-0.05, 0) is 66.9 Å². The molecule has 1 aliphatic rings. The second-order valence-corrected chi connectivity index (χ2v) is 10.7. The van der Waals surface area contributed by atoms with Gasteiger partial charge < -0.3 is 19.7 Å². The quantitative estimate of drug-likeness (QED) is 0.250. The highest BCUT2D eigenvalue weighted by atomic mass is 35.5. The minimum Gasteiger partial charge on any atom is -0.336 e. The van der Waals surface area contributed by atoms with Crippen molar-refractivity contribution in [1.82, 2.24) is 29.7 Å². The Morgan fingerprint density at radius 1 is 1.07 bits per heavy atom. The first-order valence-corrected chi connectivity index (χ1v) is 14.3. The Labute approximate surface area is 250 Å². The maximum Gasteiger partial charge on any atom is 0.256 e. The maximum absolute atomic E-state index is 13.5. The first kappa shape index (κ1) is 29.0. The van der Waals surface area contributed by atoms with Gasteiger partial charge in [-0.3, -0.25) is 14.6 Å². The van der Waals surface area contributed by atoms with Crippen LogP contribution >= 0.6 is 11.6 Å². The van der Waals surface area contributed by atoms with Crippen LogP contribution in [-0.2, 0) is 24.4 Å². The molecule has 0 radical (unpaired) electrons. The van der Waals surface area contributed by atoms with Crippen molar-refractivity contribution >= 4 is 23.4 Å². The molecule has 1 atom stereocenters. The molecule has 0 unspecified atom stereocenters. The fourth-order valence-electron chi connectivity index (χ4n) is 5.19. The van der Waals surface area contributed by atoms with Crippen LogP contribution in [0.4, 0.5) is 0 Å². The summed E-state index contributed by atoms with van der Waals surface area (Å²) in [6.07, 6.45) is 8.06. The molecule has 0 saturated carbocycles. The number of amides is 2. The minimum absolute atomic E-state index is 0.0492. The Kier molecular flexibility index (Phi) is 9.59. The van der Waals surface area contributed by atoms with Gasteiger partial charge in [0.25, 0.3) is 5.91 Å². The summed E-state index contributed by atoms with van der Waals surface area (Å²) in [4.78, 5) is 38.9. The van der Waals surface area contributed by atoms with E-state index in [4.69, 9.17) is 16.9 Å². The number of pyridine rings is 1. The van der Waals surface area contributed by atoms with E-state index in [1.807, 2.05) is 54.7 Å². The van der Waals surface area contributed by atoms with E-state index < -0.39 is 6.04 Å². The topological polar surface area (TPSA) is 107 Å². The van der Waals surface area contributed by atoms with Crippen molar-refractivity contribution in [3.05, 3.63) is 119 Å². The molecule has 2 aromatic carbocycles. The number of nitrogens with one attached hydrogen (secondary N) is 1. The number of benzene rings is 2. The van der Waals surface area contributed by atoms with Gasteiger partial charge in [0.2, 0.25) is 5.91 Å². The Bertz CT molecular complexity index is 1550.